The lowest BCUT2D eigenvalue weighted by molar-refractivity contribution is 0.149. The smallest absolute Gasteiger partial charge is 0.465 e. The number of benzene rings is 1. The minimum atomic E-state index is -3.27. The zero-order valence-electron chi connectivity index (χ0n) is 21.4. The first-order valence-electron chi connectivity index (χ1n) is 12.4. The lowest BCUT2D eigenvalue weighted by atomic mass is 9.88. The van der Waals surface area contributed by atoms with E-state index >= 15 is 0 Å². The van der Waals surface area contributed by atoms with Gasteiger partial charge in [-0.05, 0) is 36.6 Å². The first-order valence-corrected chi connectivity index (χ1v) is 14.3. The molecule has 4 heterocycles. The number of pyridine rings is 1. The van der Waals surface area contributed by atoms with Gasteiger partial charge in [0.05, 0.1) is 18.4 Å². The third-order valence-corrected chi connectivity index (χ3v) is 8.11. The van der Waals surface area contributed by atoms with Gasteiger partial charge in [-0.2, -0.15) is 4.98 Å². The van der Waals surface area contributed by atoms with E-state index in [9.17, 15) is 32.0 Å². The second-order valence-electron chi connectivity index (χ2n) is 9.62. The summed E-state index contributed by atoms with van der Waals surface area (Å²) >= 11 is 0. The van der Waals surface area contributed by atoms with Gasteiger partial charge in [0.15, 0.2) is 0 Å². The summed E-state index contributed by atoms with van der Waals surface area (Å²) in [6.07, 6.45) is 0.630. The van der Waals surface area contributed by atoms with Crippen LogP contribution in [0.2, 0.25) is 0 Å². The Morgan fingerprint density at radius 2 is 1.85 bits per heavy atom. The molecule has 0 spiro atoms. The number of hydrogen-bond acceptors (Lipinski definition) is 9. The van der Waals surface area contributed by atoms with Crippen LogP contribution in [-0.4, -0.2) is 69.8 Å². The van der Waals surface area contributed by atoms with Crippen molar-refractivity contribution in [2.24, 2.45) is 0 Å². The summed E-state index contributed by atoms with van der Waals surface area (Å²) in [5, 5.41) is 22.0. The number of aromatic nitrogens is 3. The van der Waals surface area contributed by atoms with Crippen molar-refractivity contribution in [3.8, 4) is 11.3 Å². The van der Waals surface area contributed by atoms with E-state index in [-0.39, 0.29) is 35.2 Å². The molecular weight excluding hydrogens is 547 g/mol. The van der Waals surface area contributed by atoms with E-state index in [1.807, 2.05) is 0 Å². The Hall–Kier alpha value is -3.66. The van der Waals surface area contributed by atoms with E-state index in [0.29, 0.717) is 42.8 Å². The molecule has 11 nitrogen and oxygen atoms in total. The van der Waals surface area contributed by atoms with Gasteiger partial charge < -0.3 is 19.8 Å². The molecule has 1 saturated heterocycles. The minimum Gasteiger partial charge on any atom is -0.465 e. The van der Waals surface area contributed by atoms with Crippen molar-refractivity contribution in [3.63, 3.8) is 0 Å². The number of furan rings is 1. The van der Waals surface area contributed by atoms with Gasteiger partial charge in [-0.15, -0.1) is 0 Å². The van der Waals surface area contributed by atoms with Crippen molar-refractivity contribution in [1.82, 2.24) is 18.8 Å². The van der Waals surface area contributed by atoms with Crippen LogP contribution >= 0.6 is 0 Å². The van der Waals surface area contributed by atoms with Crippen LogP contribution in [0.25, 0.3) is 22.4 Å². The van der Waals surface area contributed by atoms with E-state index in [0.717, 1.165) is 6.07 Å². The van der Waals surface area contributed by atoms with Gasteiger partial charge in [-0.1, -0.05) is 24.3 Å². The summed E-state index contributed by atoms with van der Waals surface area (Å²) in [6, 6.07) is 10.8. The molecule has 0 radical (unpaired) electrons. The van der Waals surface area contributed by atoms with E-state index in [4.69, 9.17) is 4.42 Å². The Morgan fingerprint density at radius 1 is 1.15 bits per heavy atom. The molecule has 210 valence electrons. The number of nitrogens with zero attached hydrogens (tertiary/aromatic N) is 4. The molecule has 0 saturated carbocycles. The molecule has 5 rings (SSSR count). The van der Waals surface area contributed by atoms with E-state index in [1.165, 1.54) is 27.4 Å². The molecule has 4 aromatic rings. The van der Waals surface area contributed by atoms with Crippen molar-refractivity contribution in [1.29, 1.82) is 0 Å². The van der Waals surface area contributed by atoms with Gasteiger partial charge in [0.25, 0.3) is 12.0 Å². The molecule has 3 N–H and O–H groups in total. The summed E-state index contributed by atoms with van der Waals surface area (Å²) in [5.41, 5.74) is -0.0839. The highest BCUT2D eigenvalue weighted by Crippen LogP contribution is 2.24. The first-order chi connectivity index (χ1) is 19.0. The number of hydrogen-bond donors (Lipinski definition) is 3. The Bertz CT molecular complexity index is 1690. The number of piperidine rings is 1. The Morgan fingerprint density at radius 3 is 2.45 bits per heavy atom. The van der Waals surface area contributed by atoms with Gasteiger partial charge in [-0.25, -0.2) is 26.5 Å². The molecule has 0 bridgehead atoms. The minimum absolute atomic E-state index is 0.00837. The van der Waals surface area contributed by atoms with Crippen LogP contribution in [0, 0.1) is 0 Å². The number of sulfonamides is 1. The number of rotatable bonds is 8. The van der Waals surface area contributed by atoms with Crippen molar-refractivity contribution in [2.45, 2.75) is 31.9 Å². The fourth-order valence-electron chi connectivity index (χ4n) is 4.67. The van der Waals surface area contributed by atoms with Crippen LogP contribution in [0.4, 0.5) is 14.7 Å². The molecule has 0 unspecified atom stereocenters. The molecule has 1 aromatic carbocycles. The number of nitrogens with one attached hydrogen (secondary N) is 1. The molecule has 1 aliphatic heterocycles. The first kappa shape index (κ1) is 27.9. The maximum absolute atomic E-state index is 13.7. The van der Waals surface area contributed by atoms with Crippen molar-refractivity contribution in [3.05, 3.63) is 70.1 Å². The van der Waals surface area contributed by atoms with E-state index in [1.54, 1.807) is 30.3 Å². The Labute approximate surface area is 228 Å². The van der Waals surface area contributed by atoms with E-state index in [2.05, 4.69) is 15.3 Å². The van der Waals surface area contributed by atoms with Crippen LogP contribution < -0.4 is 16.5 Å². The van der Waals surface area contributed by atoms with Gasteiger partial charge in [0, 0.05) is 36.3 Å². The van der Waals surface area contributed by atoms with Crippen molar-refractivity contribution >= 4 is 39.8 Å². The zero-order valence-corrected chi connectivity index (χ0v) is 22.2. The van der Waals surface area contributed by atoms with Crippen LogP contribution in [0.3, 0.4) is 0 Å². The summed E-state index contributed by atoms with van der Waals surface area (Å²) in [4.78, 5) is 21.8. The highest BCUT2D eigenvalue weighted by molar-refractivity contribution is 7.88. The number of halogens is 2. The molecule has 40 heavy (non-hydrogen) atoms. The lowest BCUT2D eigenvalue weighted by Gasteiger charge is -2.30. The maximum atomic E-state index is 13.7. The summed E-state index contributed by atoms with van der Waals surface area (Å²) in [5.74, 6) is 0.612. The second kappa shape index (κ2) is 11.1. The lowest BCUT2D eigenvalue weighted by Crippen LogP contribution is -2.42. The normalized spacial score (nSPS) is 15.2. The van der Waals surface area contributed by atoms with Gasteiger partial charge in [0.2, 0.25) is 16.0 Å². The number of anilines is 1. The molecular formula is C25H26BF2N5O6S. The van der Waals surface area contributed by atoms with Crippen LogP contribution in [0.5, 0.6) is 0 Å². The quantitative estimate of drug-likeness (QED) is 0.267. The standard InChI is InChI=1S/C25H26BF2N5O6S/c1-40(37,38)32-10-8-18(9-11-32)30-25-29-13-17-12-19(22(27)28)24(34)33(23(17)31-25)14-15-2-4-16(5-3-15)20-6-7-21(39-20)26(35)36/h2-7,12-13,18,22,35-36H,8-11,14H2,1H3,(H,29,30,31). The van der Waals surface area contributed by atoms with Gasteiger partial charge in [0.1, 0.15) is 17.1 Å². The topological polar surface area (TPSA) is 151 Å². The summed E-state index contributed by atoms with van der Waals surface area (Å²) in [6.45, 7) is 0.656. The van der Waals surface area contributed by atoms with Crippen molar-refractivity contribution in [2.75, 3.05) is 24.7 Å². The van der Waals surface area contributed by atoms with Crippen LogP contribution in [0.1, 0.15) is 30.4 Å². The van der Waals surface area contributed by atoms with E-state index < -0.39 is 34.7 Å². The monoisotopic (exact) mass is 573 g/mol. The predicted molar refractivity (Wildman–Crippen MR) is 145 cm³/mol. The van der Waals surface area contributed by atoms with Crippen LogP contribution in [0.15, 0.2) is 57.9 Å². The molecule has 0 aliphatic carbocycles. The molecule has 3 aromatic heterocycles. The van der Waals surface area contributed by atoms with Crippen LogP contribution in [-0.2, 0) is 16.6 Å². The Balaban J connectivity index is 1.43. The SMILES string of the molecule is CS(=O)(=O)N1CCC(Nc2ncc3cc(C(F)F)c(=O)n(Cc4ccc(-c5ccc(B(O)O)o5)cc4)c3n2)CC1. The number of fused-ring (bicyclic) bond motifs is 1. The summed E-state index contributed by atoms with van der Waals surface area (Å²) in [7, 11) is -5.01. The average molecular weight is 573 g/mol. The zero-order chi connectivity index (χ0) is 28.6. The third-order valence-electron chi connectivity index (χ3n) is 6.81. The fourth-order valence-corrected chi connectivity index (χ4v) is 5.55. The molecule has 15 heteroatoms. The fraction of sp³-hybridized carbons (Fsp3) is 0.320. The molecule has 0 amide bonds. The van der Waals surface area contributed by atoms with Crippen molar-refractivity contribution < 1.29 is 31.7 Å². The summed E-state index contributed by atoms with van der Waals surface area (Å²) < 4.78 is 59.0. The molecule has 1 aliphatic rings. The molecule has 0 atom stereocenters. The largest absolute Gasteiger partial charge is 0.526 e. The highest BCUT2D eigenvalue weighted by atomic mass is 32.2. The second-order valence-corrected chi connectivity index (χ2v) is 11.6. The number of alkyl halides is 2. The predicted octanol–water partition coefficient (Wildman–Crippen LogP) is 1.55. The molecule has 1 fully saturated rings. The van der Waals surface area contributed by atoms with Gasteiger partial charge >= 0.3 is 7.12 Å². The van der Waals surface area contributed by atoms with Gasteiger partial charge in [-0.3, -0.25) is 9.36 Å². The third kappa shape index (κ3) is 5.92. The highest BCUT2D eigenvalue weighted by Gasteiger charge is 2.26. The average Bonchev–Trinajstić information content (AvgIpc) is 3.41. The maximum Gasteiger partial charge on any atom is 0.526 e. The Kier molecular flexibility index (Phi) is 7.73.